The van der Waals surface area contributed by atoms with Crippen LogP contribution < -0.4 is 14.5 Å². The fraction of sp³-hybridized carbons (Fsp3) is 0.469. The first-order valence-electron chi connectivity index (χ1n) is 14.5. The summed E-state index contributed by atoms with van der Waals surface area (Å²) in [4.78, 5) is 70.7. The molecule has 2 aromatic rings. The molecular weight excluding hydrogens is 588 g/mol. The van der Waals surface area contributed by atoms with Gasteiger partial charge in [0.15, 0.2) is 24.0 Å². The Morgan fingerprint density at radius 1 is 1.02 bits per heavy atom. The number of amides is 1. The van der Waals surface area contributed by atoms with E-state index in [2.05, 4.69) is 9.98 Å². The molecule has 1 amide bonds. The number of ether oxygens (including phenoxy) is 6. The molecule has 13 heteroatoms. The van der Waals surface area contributed by atoms with Gasteiger partial charge in [-0.05, 0) is 18.9 Å². The van der Waals surface area contributed by atoms with Crippen LogP contribution in [0.25, 0.3) is 0 Å². The van der Waals surface area contributed by atoms with E-state index >= 15 is 0 Å². The zero-order chi connectivity index (χ0) is 33.1. The van der Waals surface area contributed by atoms with Crippen molar-refractivity contribution in [2.45, 2.75) is 53.2 Å². The minimum absolute atomic E-state index is 0.0990. The number of methoxy groups -OCH3 is 1. The molecule has 0 bridgehead atoms. The molecule has 0 saturated carbocycles. The van der Waals surface area contributed by atoms with Gasteiger partial charge in [0.2, 0.25) is 18.2 Å². The predicted molar refractivity (Wildman–Crippen MR) is 157 cm³/mol. The van der Waals surface area contributed by atoms with Crippen molar-refractivity contribution in [2.75, 3.05) is 20.5 Å². The van der Waals surface area contributed by atoms with Crippen molar-refractivity contribution < 1.29 is 57.4 Å². The third-order valence-corrected chi connectivity index (χ3v) is 6.79. The topological polar surface area (TPSA) is 168 Å². The second-order valence-electron chi connectivity index (χ2n) is 10.9. The number of nitrogens with zero attached hydrogens (tertiary/aromatic N) is 1. The smallest absolute Gasteiger partial charge is 0.440 e. The van der Waals surface area contributed by atoms with Gasteiger partial charge in [-0.2, -0.15) is 4.99 Å². The third kappa shape index (κ3) is 9.59. The minimum Gasteiger partial charge on any atom is -0.493 e. The van der Waals surface area contributed by atoms with Crippen molar-refractivity contribution in [1.82, 2.24) is 4.98 Å². The van der Waals surface area contributed by atoms with E-state index in [1.54, 1.807) is 27.7 Å². The molecule has 13 nitrogen and oxygen atoms in total. The molecule has 1 saturated heterocycles. The van der Waals surface area contributed by atoms with E-state index in [4.69, 9.17) is 28.4 Å². The molecule has 1 aromatic carbocycles. The van der Waals surface area contributed by atoms with E-state index in [1.807, 2.05) is 30.3 Å². The number of pyridine rings is 1. The van der Waals surface area contributed by atoms with E-state index in [0.717, 1.165) is 11.8 Å². The van der Waals surface area contributed by atoms with E-state index in [1.165, 1.54) is 26.3 Å². The fourth-order valence-corrected chi connectivity index (χ4v) is 4.23. The fourth-order valence-electron chi connectivity index (χ4n) is 4.23. The van der Waals surface area contributed by atoms with Gasteiger partial charge in [-0.3, -0.25) is 19.2 Å². The second kappa shape index (κ2) is 16.3. The first-order chi connectivity index (χ1) is 21.4. The van der Waals surface area contributed by atoms with Crippen LogP contribution in [-0.4, -0.2) is 73.7 Å². The normalized spacial score (nSPS) is 20.4. The number of hydrogen-bond acceptors (Lipinski definition) is 12. The molecule has 1 N–H and O–H groups in total. The van der Waals surface area contributed by atoms with Crippen LogP contribution in [0, 0.1) is 23.7 Å². The molecule has 0 spiro atoms. The van der Waals surface area contributed by atoms with Crippen molar-refractivity contribution >= 4 is 36.0 Å². The highest BCUT2D eigenvalue weighted by molar-refractivity contribution is 5.94. The Kier molecular flexibility index (Phi) is 12.6. The molecule has 0 radical (unpaired) electrons. The van der Waals surface area contributed by atoms with Crippen LogP contribution in [0.1, 0.15) is 50.7 Å². The lowest BCUT2D eigenvalue weighted by Gasteiger charge is -2.29. The Balaban J connectivity index is 1.84. The molecule has 2 heterocycles. The molecule has 1 aliphatic rings. The number of benzene rings is 1. The maximum atomic E-state index is 13.4. The zero-order valence-corrected chi connectivity index (χ0v) is 26.1. The van der Waals surface area contributed by atoms with Gasteiger partial charge in [0.05, 0.1) is 18.9 Å². The Hall–Kier alpha value is -4.81. The molecular formula is C32H39N2O11+. The highest BCUT2D eigenvalue weighted by atomic mass is 16.7. The van der Waals surface area contributed by atoms with E-state index < -0.39 is 79.1 Å². The van der Waals surface area contributed by atoms with Gasteiger partial charge in [0.25, 0.3) is 0 Å². The lowest BCUT2D eigenvalue weighted by atomic mass is 9.91. The average molecular weight is 628 g/mol. The Bertz CT molecular complexity index is 1390. The van der Waals surface area contributed by atoms with Crippen molar-refractivity contribution in [2.24, 2.45) is 23.7 Å². The Morgan fingerprint density at radius 2 is 1.71 bits per heavy atom. The predicted octanol–water partition coefficient (Wildman–Crippen LogP) is 1.45. The van der Waals surface area contributed by atoms with Gasteiger partial charge in [0.1, 0.15) is 18.6 Å². The number of nitrogens with one attached hydrogen (secondary N) is 1. The van der Waals surface area contributed by atoms with Crippen LogP contribution in [0.3, 0.4) is 0 Å². The largest absolute Gasteiger partial charge is 0.493 e. The number of hydrogen-bond donors (Lipinski definition) is 1. The lowest BCUT2D eigenvalue weighted by Crippen LogP contribution is -2.75. The molecule has 45 heavy (non-hydrogen) atoms. The molecule has 1 aliphatic heterocycles. The number of rotatable bonds is 11. The summed E-state index contributed by atoms with van der Waals surface area (Å²) in [6.07, 6.45) is 0.430. The van der Waals surface area contributed by atoms with Gasteiger partial charge in [-0.1, -0.05) is 58.0 Å². The van der Waals surface area contributed by atoms with Crippen LogP contribution >= 0.6 is 0 Å². The number of esters is 4. The van der Waals surface area contributed by atoms with Gasteiger partial charge in [0, 0.05) is 12.3 Å². The summed E-state index contributed by atoms with van der Waals surface area (Å²) < 4.78 is 32.7. The van der Waals surface area contributed by atoms with Crippen LogP contribution in [-0.2, 0) is 44.5 Å². The molecule has 242 valence electrons. The summed E-state index contributed by atoms with van der Waals surface area (Å²) in [5, 5.41) is 0. The van der Waals surface area contributed by atoms with Gasteiger partial charge in [-0.25, -0.2) is 9.78 Å². The summed E-state index contributed by atoms with van der Waals surface area (Å²) in [5.41, 5.74) is 0.567. The highest BCUT2D eigenvalue weighted by Crippen LogP contribution is 2.29. The van der Waals surface area contributed by atoms with Crippen LogP contribution in [0.5, 0.6) is 11.5 Å². The molecule has 1 aromatic heterocycles. The Labute approximate surface area is 261 Å². The summed E-state index contributed by atoms with van der Waals surface area (Å²) in [7, 11) is 1.36. The van der Waals surface area contributed by atoms with Gasteiger partial charge in [-0.15, -0.1) is 0 Å². The average Bonchev–Trinajstić information content (AvgIpc) is 3.05. The van der Waals surface area contributed by atoms with Crippen LogP contribution in [0.4, 0.5) is 0 Å². The summed E-state index contributed by atoms with van der Waals surface area (Å²) in [6, 6.07) is 10.6. The molecule has 4 atom stereocenters. The summed E-state index contributed by atoms with van der Waals surface area (Å²) in [6.45, 7) is 7.18. The standard InChI is InChI=1S/C32H38N2O11/c1-18(2)29(36)43-17-42-27-24(40-6)12-13-33-25(27)28(35)34-15-22-16-41-32(39)23(14-21-10-8-7-9-11-21)26(20(5)44-31(22)38)45-30(37)19(3)4/h7-13,15,18-20,22-23,26H,14,16-17H2,1-6H3/p+1/t20-,22?,23+,26?/m0/s1. The van der Waals surface area contributed by atoms with E-state index in [0.29, 0.717) is 0 Å². The van der Waals surface area contributed by atoms with Crippen molar-refractivity contribution in [3.63, 3.8) is 0 Å². The first-order valence-corrected chi connectivity index (χ1v) is 14.5. The lowest BCUT2D eigenvalue weighted by molar-refractivity contribution is -0.342. The summed E-state index contributed by atoms with van der Waals surface area (Å²) >= 11 is 0. The molecule has 1 fully saturated rings. The minimum atomic E-state index is -1.22. The number of aromatic nitrogens is 1. The van der Waals surface area contributed by atoms with Crippen molar-refractivity contribution in [3.8, 4) is 11.5 Å². The van der Waals surface area contributed by atoms with Crippen LogP contribution in [0.15, 0.2) is 42.6 Å². The van der Waals surface area contributed by atoms with E-state index in [9.17, 15) is 24.0 Å². The van der Waals surface area contributed by atoms with E-state index in [-0.39, 0.29) is 23.6 Å². The zero-order valence-electron chi connectivity index (χ0n) is 26.1. The number of carbonyl (C=O) groups excluding carboxylic acids is 5. The summed E-state index contributed by atoms with van der Waals surface area (Å²) in [5.74, 6) is -6.42. The SMILES string of the molecule is COc1ccnc(C(=O)[NH+]=CC2COC(=O)[C@H](Cc3ccccc3)C(OC(=O)C(C)C)[C@H](C)OC2=O)c1OCOC(=O)C(C)C. The van der Waals surface area contributed by atoms with Gasteiger partial charge < -0.3 is 28.4 Å². The first kappa shape index (κ1) is 34.7. The highest BCUT2D eigenvalue weighted by Gasteiger charge is 2.42. The van der Waals surface area contributed by atoms with Gasteiger partial charge >= 0.3 is 29.8 Å². The maximum absolute atomic E-state index is 13.4. The quantitative estimate of drug-likeness (QED) is 0.165. The molecule has 0 aliphatic carbocycles. The van der Waals surface area contributed by atoms with Crippen molar-refractivity contribution in [3.05, 3.63) is 53.9 Å². The molecule has 3 rings (SSSR count). The number of carbonyl (C=O) groups is 5. The second-order valence-corrected chi connectivity index (χ2v) is 10.9. The monoisotopic (exact) mass is 627 g/mol. The Morgan fingerprint density at radius 3 is 2.36 bits per heavy atom. The third-order valence-electron chi connectivity index (χ3n) is 6.79. The van der Waals surface area contributed by atoms with Crippen LogP contribution in [0.2, 0.25) is 0 Å². The van der Waals surface area contributed by atoms with Crippen molar-refractivity contribution in [1.29, 1.82) is 0 Å². The molecule has 2 unspecified atom stereocenters. The number of cyclic esters (lactones) is 2. The maximum Gasteiger partial charge on any atom is 0.440 e.